The van der Waals surface area contributed by atoms with E-state index in [4.69, 9.17) is 0 Å². The fourth-order valence-electron chi connectivity index (χ4n) is 2.39. The summed E-state index contributed by atoms with van der Waals surface area (Å²) in [5.74, 6) is -2.63. The van der Waals surface area contributed by atoms with E-state index in [1.165, 1.54) is 18.2 Å². The number of carbonyl (C=O) groups excluding carboxylic acids is 1. The average Bonchev–Trinajstić information content (AvgIpc) is 3.15. The van der Waals surface area contributed by atoms with Crippen molar-refractivity contribution in [3.05, 3.63) is 84.2 Å². The van der Waals surface area contributed by atoms with Gasteiger partial charge in [-0.1, -0.05) is 18.2 Å². The van der Waals surface area contributed by atoms with E-state index in [9.17, 15) is 19.1 Å². The number of carbonyl (C=O) groups is 2. The van der Waals surface area contributed by atoms with Gasteiger partial charge in [-0.15, -0.1) is 0 Å². The maximum absolute atomic E-state index is 13.8. The molecule has 1 atom stereocenters. The van der Waals surface area contributed by atoms with Crippen LogP contribution in [-0.2, 0) is 4.79 Å². The van der Waals surface area contributed by atoms with Crippen molar-refractivity contribution in [2.75, 3.05) is 0 Å². The van der Waals surface area contributed by atoms with E-state index in [1.54, 1.807) is 47.6 Å². The van der Waals surface area contributed by atoms with Gasteiger partial charge >= 0.3 is 5.97 Å². The Balaban J connectivity index is 1.80. The molecular formula is C18H14FN3O3. The Hall–Kier alpha value is -3.48. The first-order valence-corrected chi connectivity index (χ1v) is 7.43. The topological polar surface area (TPSA) is 84.2 Å². The summed E-state index contributed by atoms with van der Waals surface area (Å²) in [5.41, 5.74) is 0.975. The lowest BCUT2D eigenvalue weighted by Crippen LogP contribution is -2.34. The van der Waals surface area contributed by atoms with Gasteiger partial charge in [-0.3, -0.25) is 4.79 Å². The van der Waals surface area contributed by atoms with E-state index in [-0.39, 0.29) is 11.1 Å². The average molecular weight is 339 g/mol. The van der Waals surface area contributed by atoms with Crippen molar-refractivity contribution in [3.63, 3.8) is 0 Å². The summed E-state index contributed by atoms with van der Waals surface area (Å²) in [6, 6.07) is 10.5. The number of imidazole rings is 1. The summed E-state index contributed by atoms with van der Waals surface area (Å²) in [6.45, 7) is 0. The van der Waals surface area contributed by atoms with E-state index in [2.05, 4.69) is 10.3 Å². The van der Waals surface area contributed by atoms with Crippen molar-refractivity contribution in [2.45, 2.75) is 6.04 Å². The standard InChI is InChI=1S/C18H14FN3O3/c19-15-4-2-1-3-14(15)16(18(24)25)21-17(23)12-5-7-13(8-6-12)22-10-9-20-11-22/h1-11,16H,(H,21,23)(H,24,25). The zero-order valence-corrected chi connectivity index (χ0v) is 13.0. The van der Waals surface area contributed by atoms with E-state index in [0.717, 1.165) is 11.8 Å². The van der Waals surface area contributed by atoms with Gasteiger partial charge in [-0.05, 0) is 30.3 Å². The molecule has 2 aromatic carbocycles. The van der Waals surface area contributed by atoms with Gasteiger partial charge in [0, 0.05) is 29.2 Å². The van der Waals surface area contributed by atoms with E-state index >= 15 is 0 Å². The first-order chi connectivity index (χ1) is 12.1. The summed E-state index contributed by atoms with van der Waals surface area (Å²) in [4.78, 5) is 27.7. The molecule has 1 aromatic heterocycles. The molecule has 1 heterocycles. The van der Waals surface area contributed by atoms with Crippen LogP contribution in [-0.4, -0.2) is 26.5 Å². The third kappa shape index (κ3) is 3.55. The minimum absolute atomic E-state index is 0.0987. The molecule has 126 valence electrons. The molecular weight excluding hydrogens is 325 g/mol. The Kier molecular flexibility index (Phi) is 4.56. The van der Waals surface area contributed by atoms with Crippen LogP contribution in [0, 0.1) is 5.82 Å². The van der Waals surface area contributed by atoms with Crippen molar-refractivity contribution in [1.29, 1.82) is 0 Å². The minimum Gasteiger partial charge on any atom is -0.479 e. The van der Waals surface area contributed by atoms with Crippen LogP contribution in [0.5, 0.6) is 0 Å². The molecule has 1 amide bonds. The van der Waals surface area contributed by atoms with Gasteiger partial charge in [0.1, 0.15) is 5.82 Å². The van der Waals surface area contributed by atoms with Crippen LogP contribution in [0.25, 0.3) is 5.69 Å². The number of hydrogen-bond donors (Lipinski definition) is 2. The van der Waals surface area contributed by atoms with Crippen LogP contribution in [0.3, 0.4) is 0 Å². The van der Waals surface area contributed by atoms with Gasteiger partial charge in [-0.2, -0.15) is 0 Å². The van der Waals surface area contributed by atoms with Gasteiger partial charge in [-0.25, -0.2) is 14.2 Å². The molecule has 7 heteroatoms. The highest BCUT2D eigenvalue weighted by Gasteiger charge is 2.25. The maximum atomic E-state index is 13.8. The van der Waals surface area contributed by atoms with E-state index in [0.29, 0.717) is 0 Å². The maximum Gasteiger partial charge on any atom is 0.331 e. The fraction of sp³-hybridized carbons (Fsp3) is 0.0556. The number of aliphatic carboxylic acids is 1. The Morgan fingerprint density at radius 2 is 1.84 bits per heavy atom. The highest BCUT2D eigenvalue weighted by molar-refractivity contribution is 5.97. The molecule has 0 radical (unpaired) electrons. The number of carboxylic acid groups (broad SMARTS) is 1. The lowest BCUT2D eigenvalue weighted by Gasteiger charge is -2.15. The molecule has 0 saturated carbocycles. The fourth-order valence-corrected chi connectivity index (χ4v) is 2.39. The zero-order chi connectivity index (χ0) is 17.8. The smallest absolute Gasteiger partial charge is 0.331 e. The summed E-state index contributed by atoms with van der Waals surface area (Å²) in [7, 11) is 0. The number of benzene rings is 2. The molecule has 0 aliphatic heterocycles. The molecule has 0 bridgehead atoms. The Bertz CT molecular complexity index is 892. The van der Waals surface area contributed by atoms with Crippen molar-refractivity contribution in [2.24, 2.45) is 0 Å². The van der Waals surface area contributed by atoms with Gasteiger partial charge < -0.3 is 15.0 Å². The lowest BCUT2D eigenvalue weighted by molar-refractivity contribution is -0.139. The van der Waals surface area contributed by atoms with Crippen LogP contribution in [0.2, 0.25) is 0 Å². The second kappa shape index (κ2) is 6.96. The number of amides is 1. The number of aromatic nitrogens is 2. The summed E-state index contributed by atoms with van der Waals surface area (Å²) < 4.78 is 15.6. The zero-order valence-electron chi connectivity index (χ0n) is 13.0. The van der Waals surface area contributed by atoms with Crippen LogP contribution in [0.1, 0.15) is 22.0 Å². The second-order valence-electron chi connectivity index (χ2n) is 5.28. The molecule has 0 fully saturated rings. The van der Waals surface area contributed by atoms with Gasteiger partial charge in [0.15, 0.2) is 6.04 Å². The Labute approximate surface area is 142 Å². The molecule has 3 rings (SSSR count). The predicted octanol–water partition coefficient (Wildman–Crippen LogP) is 2.57. The molecule has 25 heavy (non-hydrogen) atoms. The molecule has 2 N–H and O–H groups in total. The number of halogens is 1. The highest BCUT2D eigenvalue weighted by Crippen LogP contribution is 2.18. The molecule has 0 saturated heterocycles. The van der Waals surface area contributed by atoms with Gasteiger partial charge in [0.05, 0.1) is 6.33 Å². The second-order valence-corrected chi connectivity index (χ2v) is 5.28. The predicted molar refractivity (Wildman–Crippen MR) is 87.8 cm³/mol. The van der Waals surface area contributed by atoms with Crippen LogP contribution in [0.4, 0.5) is 4.39 Å². The van der Waals surface area contributed by atoms with Crippen molar-refractivity contribution >= 4 is 11.9 Å². The third-order valence-electron chi connectivity index (χ3n) is 3.67. The largest absolute Gasteiger partial charge is 0.479 e. The first kappa shape index (κ1) is 16.4. The van der Waals surface area contributed by atoms with Crippen LogP contribution >= 0.6 is 0 Å². The Morgan fingerprint density at radius 3 is 2.44 bits per heavy atom. The van der Waals surface area contributed by atoms with Crippen LogP contribution < -0.4 is 5.32 Å². The molecule has 1 unspecified atom stereocenters. The van der Waals surface area contributed by atoms with E-state index < -0.39 is 23.7 Å². The summed E-state index contributed by atoms with van der Waals surface area (Å²) in [5, 5.41) is 11.7. The normalized spacial score (nSPS) is 11.7. The van der Waals surface area contributed by atoms with Gasteiger partial charge in [0.25, 0.3) is 5.91 Å². The lowest BCUT2D eigenvalue weighted by atomic mass is 10.1. The molecule has 0 spiro atoms. The number of carboxylic acids is 1. The number of hydrogen-bond acceptors (Lipinski definition) is 3. The van der Waals surface area contributed by atoms with Gasteiger partial charge in [0.2, 0.25) is 0 Å². The number of nitrogens with one attached hydrogen (secondary N) is 1. The summed E-state index contributed by atoms with van der Waals surface area (Å²) in [6.07, 6.45) is 5.01. The third-order valence-corrected chi connectivity index (χ3v) is 3.67. The van der Waals surface area contributed by atoms with Crippen molar-refractivity contribution in [3.8, 4) is 5.69 Å². The molecule has 6 nitrogen and oxygen atoms in total. The van der Waals surface area contributed by atoms with Crippen molar-refractivity contribution in [1.82, 2.24) is 14.9 Å². The number of rotatable bonds is 5. The number of nitrogens with zero attached hydrogens (tertiary/aromatic N) is 2. The SMILES string of the molecule is O=C(NC(C(=O)O)c1ccccc1F)c1ccc(-n2ccnc2)cc1. The Morgan fingerprint density at radius 1 is 1.12 bits per heavy atom. The molecule has 0 aliphatic carbocycles. The summed E-state index contributed by atoms with van der Waals surface area (Å²) >= 11 is 0. The highest BCUT2D eigenvalue weighted by atomic mass is 19.1. The first-order valence-electron chi connectivity index (χ1n) is 7.43. The monoisotopic (exact) mass is 339 g/mol. The van der Waals surface area contributed by atoms with E-state index in [1.807, 2.05) is 0 Å². The van der Waals surface area contributed by atoms with Crippen LogP contribution in [0.15, 0.2) is 67.3 Å². The minimum atomic E-state index is -1.47. The quantitative estimate of drug-likeness (QED) is 0.748. The molecule has 3 aromatic rings. The molecule has 0 aliphatic rings. The van der Waals surface area contributed by atoms with Crippen molar-refractivity contribution < 1.29 is 19.1 Å².